The Morgan fingerprint density at radius 2 is 1.92 bits per heavy atom. The summed E-state index contributed by atoms with van der Waals surface area (Å²) in [7, 11) is 3.54. The average Bonchev–Trinajstić information content (AvgIpc) is 3.07. The van der Waals surface area contributed by atoms with Gasteiger partial charge in [0.1, 0.15) is 0 Å². The zero-order valence-corrected chi connectivity index (χ0v) is 15.1. The fraction of sp³-hybridized carbons (Fsp3) is 0.450. The van der Waals surface area contributed by atoms with E-state index in [1.54, 1.807) is 19.0 Å². The quantitative estimate of drug-likeness (QED) is 0.865. The zero-order chi connectivity index (χ0) is 17.6. The number of carbonyl (C=O) groups is 1. The van der Waals surface area contributed by atoms with E-state index >= 15 is 0 Å². The maximum absolute atomic E-state index is 12.1. The van der Waals surface area contributed by atoms with Gasteiger partial charge < -0.3 is 9.80 Å². The monoisotopic (exact) mass is 336 g/mol. The van der Waals surface area contributed by atoms with Crippen molar-refractivity contribution in [2.45, 2.75) is 38.6 Å². The van der Waals surface area contributed by atoms with E-state index in [1.807, 2.05) is 24.3 Å². The zero-order valence-electron chi connectivity index (χ0n) is 15.1. The van der Waals surface area contributed by atoms with Gasteiger partial charge in [-0.25, -0.2) is 9.97 Å². The molecule has 1 atom stereocenters. The number of aryl methyl sites for hydroxylation is 1. The van der Waals surface area contributed by atoms with Crippen LogP contribution in [0, 0.1) is 0 Å². The maximum Gasteiger partial charge on any atom is 0.253 e. The van der Waals surface area contributed by atoms with Gasteiger partial charge in [0.05, 0.1) is 5.69 Å². The maximum atomic E-state index is 12.1. The summed E-state index contributed by atoms with van der Waals surface area (Å²) >= 11 is 0. The number of nitrogens with zero attached hydrogens (tertiary/aromatic N) is 4. The summed E-state index contributed by atoms with van der Waals surface area (Å²) in [5.41, 5.74) is 5.30. The van der Waals surface area contributed by atoms with Gasteiger partial charge in [-0.1, -0.05) is 12.1 Å². The molecule has 1 amide bonds. The number of anilines is 1. The highest BCUT2D eigenvalue weighted by atomic mass is 16.2. The molecular weight excluding hydrogens is 312 g/mol. The SMILES string of the molecule is C[C@H]1CCN1c1nc2c(c(-c3ccc(C(=O)N(C)C)cc3)n1)CCC2. The number of benzene rings is 1. The Balaban J connectivity index is 1.73. The van der Waals surface area contributed by atoms with Gasteiger partial charge in [0.15, 0.2) is 0 Å². The van der Waals surface area contributed by atoms with Gasteiger partial charge >= 0.3 is 0 Å². The van der Waals surface area contributed by atoms with Crippen molar-refractivity contribution in [1.82, 2.24) is 14.9 Å². The van der Waals surface area contributed by atoms with Gasteiger partial charge in [-0.3, -0.25) is 4.79 Å². The number of fused-ring (bicyclic) bond motifs is 1. The summed E-state index contributed by atoms with van der Waals surface area (Å²) < 4.78 is 0. The first kappa shape index (κ1) is 16.1. The molecule has 130 valence electrons. The van der Waals surface area contributed by atoms with Crippen LogP contribution in [-0.4, -0.2) is 47.5 Å². The molecule has 0 spiro atoms. The topological polar surface area (TPSA) is 49.3 Å². The normalized spacial score (nSPS) is 18.7. The Bertz CT molecular complexity index is 813. The van der Waals surface area contributed by atoms with Crippen LogP contribution in [0.1, 0.15) is 41.4 Å². The summed E-state index contributed by atoms with van der Waals surface area (Å²) in [5, 5.41) is 0. The molecule has 1 aliphatic heterocycles. The minimum atomic E-state index is 0.0227. The highest BCUT2D eigenvalue weighted by Crippen LogP contribution is 2.34. The molecule has 1 aromatic heterocycles. The molecule has 25 heavy (non-hydrogen) atoms. The molecule has 1 saturated heterocycles. The van der Waals surface area contributed by atoms with Crippen LogP contribution in [0.15, 0.2) is 24.3 Å². The molecule has 5 nitrogen and oxygen atoms in total. The second-order valence-corrected chi connectivity index (χ2v) is 7.26. The third-order valence-electron chi connectivity index (χ3n) is 5.31. The number of carbonyl (C=O) groups excluding carboxylic acids is 1. The lowest BCUT2D eigenvalue weighted by Gasteiger charge is -2.39. The number of rotatable bonds is 3. The molecule has 1 aliphatic carbocycles. The molecule has 0 radical (unpaired) electrons. The van der Waals surface area contributed by atoms with Crippen molar-refractivity contribution in [2.24, 2.45) is 0 Å². The molecule has 0 bridgehead atoms. The van der Waals surface area contributed by atoms with Crippen LogP contribution >= 0.6 is 0 Å². The fourth-order valence-electron chi connectivity index (χ4n) is 3.63. The van der Waals surface area contributed by atoms with Crippen LogP contribution in [0.2, 0.25) is 0 Å². The lowest BCUT2D eigenvalue weighted by atomic mass is 10.0. The molecule has 2 heterocycles. The van der Waals surface area contributed by atoms with E-state index in [2.05, 4.69) is 11.8 Å². The standard InChI is InChI=1S/C20H24N4O/c1-13-11-12-24(13)20-21-17-6-4-5-16(17)18(22-20)14-7-9-15(10-8-14)19(25)23(2)3/h7-10,13H,4-6,11-12H2,1-3H3/t13-/m0/s1. The van der Waals surface area contributed by atoms with Crippen molar-refractivity contribution in [1.29, 1.82) is 0 Å². The molecule has 2 aromatic rings. The van der Waals surface area contributed by atoms with E-state index in [0.29, 0.717) is 11.6 Å². The Morgan fingerprint density at radius 3 is 2.52 bits per heavy atom. The van der Waals surface area contributed by atoms with E-state index in [9.17, 15) is 4.79 Å². The predicted molar refractivity (Wildman–Crippen MR) is 98.9 cm³/mol. The van der Waals surface area contributed by atoms with Gasteiger partial charge in [-0.2, -0.15) is 0 Å². The Morgan fingerprint density at radius 1 is 1.16 bits per heavy atom. The van der Waals surface area contributed by atoms with E-state index in [0.717, 1.165) is 43.0 Å². The summed E-state index contributed by atoms with van der Waals surface area (Å²) in [6, 6.07) is 8.34. The number of amides is 1. The minimum Gasteiger partial charge on any atom is -0.345 e. The second kappa shape index (κ2) is 6.14. The van der Waals surface area contributed by atoms with Crippen molar-refractivity contribution in [3.8, 4) is 11.3 Å². The molecule has 0 N–H and O–H groups in total. The average molecular weight is 336 g/mol. The lowest BCUT2D eigenvalue weighted by molar-refractivity contribution is 0.0827. The highest BCUT2D eigenvalue weighted by Gasteiger charge is 2.29. The summed E-state index contributed by atoms with van der Waals surface area (Å²) in [6.07, 6.45) is 4.43. The molecule has 5 heteroatoms. The predicted octanol–water partition coefficient (Wildman–Crippen LogP) is 2.93. The molecule has 4 rings (SSSR count). The van der Waals surface area contributed by atoms with Crippen molar-refractivity contribution in [3.05, 3.63) is 41.1 Å². The summed E-state index contributed by atoms with van der Waals surface area (Å²) in [6.45, 7) is 3.26. The van der Waals surface area contributed by atoms with E-state index in [-0.39, 0.29) is 5.91 Å². The van der Waals surface area contributed by atoms with Crippen LogP contribution in [-0.2, 0) is 12.8 Å². The Labute approximate surface area is 148 Å². The third-order valence-corrected chi connectivity index (χ3v) is 5.31. The van der Waals surface area contributed by atoms with Gasteiger partial charge in [0.25, 0.3) is 5.91 Å². The van der Waals surface area contributed by atoms with Gasteiger partial charge in [0, 0.05) is 49.1 Å². The van der Waals surface area contributed by atoms with Crippen molar-refractivity contribution >= 4 is 11.9 Å². The third kappa shape index (κ3) is 2.77. The van der Waals surface area contributed by atoms with E-state index in [1.165, 1.54) is 17.7 Å². The van der Waals surface area contributed by atoms with Crippen LogP contribution in [0.4, 0.5) is 5.95 Å². The fourth-order valence-corrected chi connectivity index (χ4v) is 3.63. The van der Waals surface area contributed by atoms with Crippen LogP contribution in [0.3, 0.4) is 0 Å². The minimum absolute atomic E-state index is 0.0227. The molecular formula is C20H24N4O. The first-order chi connectivity index (χ1) is 12.0. The number of hydrogen-bond acceptors (Lipinski definition) is 4. The van der Waals surface area contributed by atoms with Gasteiger partial charge in [-0.15, -0.1) is 0 Å². The molecule has 0 unspecified atom stereocenters. The van der Waals surface area contributed by atoms with E-state index < -0.39 is 0 Å². The summed E-state index contributed by atoms with van der Waals surface area (Å²) in [5.74, 6) is 0.886. The molecule has 1 fully saturated rings. The van der Waals surface area contributed by atoms with Crippen LogP contribution < -0.4 is 4.90 Å². The van der Waals surface area contributed by atoms with Crippen LogP contribution in [0.25, 0.3) is 11.3 Å². The van der Waals surface area contributed by atoms with Gasteiger partial charge in [0.2, 0.25) is 5.95 Å². The first-order valence-corrected chi connectivity index (χ1v) is 9.03. The van der Waals surface area contributed by atoms with Crippen molar-refractivity contribution in [2.75, 3.05) is 25.5 Å². The van der Waals surface area contributed by atoms with Crippen molar-refractivity contribution < 1.29 is 4.79 Å². The van der Waals surface area contributed by atoms with E-state index in [4.69, 9.17) is 9.97 Å². The Kier molecular flexibility index (Phi) is 3.94. The molecule has 1 aromatic carbocycles. The largest absolute Gasteiger partial charge is 0.345 e. The van der Waals surface area contributed by atoms with Crippen LogP contribution in [0.5, 0.6) is 0 Å². The Hall–Kier alpha value is -2.43. The number of aromatic nitrogens is 2. The number of hydrogen-bond donors (Lipinski definition) is 0. The molecule has 0 saturated carbocycles. The second-order valence-electron chi connectivity index (χ2n) is 7.26. The smallest absolute Gasteiger partial charge is 0.253 e. The first-order valence-electron chi connectivity index (χ1n) is 9.03. The lowest BCUT2D eigenvalue weighted by Crippen LogP contribution is -2.46. The van der Waals surface area contributed by atoms with Crippen molar-refractivity contribution in [3.63, 3.8) is 0 Å². The summed E-state index contributed by atoms with van der Waals surface area (Å²) in [4.78, 5) is 25.7. The highest BCUT2D eigenvalue weighted by molar-refractivity contribution is 5.94. The molecule has 2 aliphatic rings. The van der Waals surface area contributed by atoms with Gasteiger partial charge in [-0.05, 0) is 44.7 Å².